The lowest BCUT2D eigenvalue weighted by Gasteiger charge is -2.25. The van der Waals surface area contributed by atoms with Crippen molar-refractivity contribution < 1.29 is 24.5 Å². The molecule has 1 fully saturated rings. The number of ketones is 1. The summed E-state index contributed by atoms with van der Waals surface area (Å²) in [4.78, 5) is 31.2. The van der Waals surface area contributed by atoms with Gasteiger partial charge in [0, 0.05) is 34.2 Å². The summed E-state index contributed by atoms with van der Waals surface area (Å²) in [6.45, 7) is 0.181. The van der Waals surface area contributed by atoms with E-state index in [4.69, 9.17) is 27.9 Å². The number of nitrogens with one attached hydrogen (secondary N) is 1. The normalized spacial score (nSPS) is 17.1. The van der Waals surface area contributed by atoms with Gasteiger partial charge in [-0.15, -0.1) is 0 Å². The quantitative estimate of drug-likeness (QED) is 0.163. The maximum Gasteiger partial charge on any atom is 0.295 e. The molecule has 1 aromatic heterocycles. The first-order valence-electron chi connectivity index (χ1n) is 11.4. The number of methoxy groups -OCH3 is 1. The summed E-state index contributed by atoms with van der Waals surface area (Å²) in [6.07, 6.45) is 2.29. The molecule has 1 atom stereocenters. The number of phenolic OH excluding ortho intramolecular Hbond substituents is 1. The number of H-pyrrole nitrogens is 1. The number of carbonyl (C=O) groups is 2. The van der Waals surface area contributed by atoms with Crippen LogP contribution in [0.4, 0.5) is 0 Å². The van der Waals surface area contributed by atoms with Gasteiger partial charge in [-0.2, -0.15) is 0 Å². The van der Waals surface area contributed by atoms with Crippen molar-refractivity contribution in [2.45, 2.75) is 12.5 Å². The van der Waals surface area contributed by atoms with Gasteiger partial charge in [-0.3, -0.25) is 9.59 Å². The highest BCUT2D eigenvalue weighted by atomic mass is 35.5. The number of likely N-dealkylation sites (tertiary alicyclic amines) is 1. The third-order valence-corrected chi connectivity index (χ3v) is 7.06. The van der Waals surface area contributed by atoms with Crippen LogP contribution < -0.4 is 4.74 Å². The standard InChI is InChI=1S/C28H22Cl2N2O5/c1-37-19-6-8-23-21(13-19)16(14-31-23)9-10-32-25(15-3-2-4-18(33)11-15)24(27(35)28(32)36)26(34)20-7-5-17(29)12-22(20)30/h2-8,11-14,25,31,33-34H,9-10H2,1H3/t25-/m0/s1. The van der Waals surface area contributed by atoms with Crippen molar-refractivity contribution in [3.8, 4) is 11.5 Å². The number of rotatable bonds is 6. The van der Waals surface area contributed by atoms with Crippen LogP contribution in [0.5, 0.6) is 11.5 Å². The molecule has 1 aliphatic rings. The highest BCUT2D eigenvalue weighted by molar-refractivity contribution is 6.47. The first-order valence-corrected chi connectivity index (χ1v) is 12.2. The molecular formula is C28H22Cl2N2O5. The van der Waals surface area contributed by atoms with E-state index in [1.54, 1.807) is 19.2 Å². The molecule has 5 rings (SSSR count). The molecule has 0 saturated carbocycles. The first kappa shape index (κ1) is 24.7. The van der Waals surface area contributed by atoms with E-state index in [9.17, 15) is 19.8 Å². The van der Waals surface area contributed by atoms with E-state index in [-0.39, 0.29) is 28.5 Å². The number of carbonyl (C=O) groups excluding carboxylic acids is 2. The fraction of sp³-hybridized carbons (Fsp3) is 0.143. The number of fused-ring (bicyclic) bond motifs is 1. The zero-order valence-electron chi connectivity index (χ0n) is 19.7. The van der Waals surface area contributed by atoms with Gasteiger partial charge in [0.15, 0.2) is 0 Å². The van der Waals surface area contributed by atoms with Crippen molar-refractivity contribution >= 4 is 51.6 Å². The number of aromatic hydroxyl groups is 1. The predicted octanol–water partition coefficient (Wildman–Crippen LogP) is 5.85. The van der Waals surface area contributed by atoms with Crippen molar-refractivity contribution in [3.63, 3.8) is 0 Å². The smallest absolute Gasteiger partial charge is 0.295 e. The number of aliphatic hydroxyl groups excluding tert-OH is 1. The number of nitrogens with zero attached hydrogens (tertiary/aromatic N) is 1. The SMILES string of the molecule is COc1ccc2[nH]cc(CCN3C(=O)C(=O)C(=C(O)c4ccc(Cl)cc4Cl)[C@@H]3c3cccc(O)c3)c2c1. The lowest BCUT2D eigenvalue weighted by molar-refractivity contribution is -0.139. The summed E-state index contributed by atoms with van der Waals surface area (Å²) in [5.41, 5.74) is 2.40. The second kappa shape index (κ2) is 9.84. The van der Waals surface area contributed by atoms with Gasteiger partial charge in [0.25, 0.3) is 11.7 Å². The Morgan fingerprint density at radius 2 is 1.89 bits per heavy atom. The fourth-order valence-corrected chi connectivity index (χ4v) is 5.21. The molecule has 1 aliphatic heterocycles. The first-order chi connectivity index (χ1) is 17.8. The van der Waals surface area contributed by atoms with Crippen LogP contribution in [0.2, 0.25) is 10.0 Å². The van der Waals surface area contributed by atoms with Crippen LogP contribution in [0.25, 0.3) is 16.7 Å². The van der Waals surface area contributed by atoms with Crippen LogP contribution in [0, 0.1) is 0 Å². The summed E-state index contributed by atoms with van der Waals surface area (Å²) in [7, 11) is 1.59. The lowest BCUT2D eigenvalue weighted by atomic mass is 9.95. The van der Waals surface area contributed by atoms with Crippen LogP contribution in [-0.4, -0.2) is 45.4 Å². The van der Waals surface area contributed by atoms with Crippen molar-refractivity contribution in [3.05, 3.63) is 99.2 Å². The van der Waals surface area contributed by atoms with Gasteiger partial charge in [-0.1, -0.05) is 35.3 Å². The van der Waals surface area contributed by atoms with E-state index >= 15 is 0 Å². The fourth-order valence-electron chi connectivity index (χ4n) is 4.71. The van der Waals surface area contributed by atoms with Crippen LogP contribution in [0.15, 0.2) is 72.4 Å². The predicted molar refractivity (Wildman–Crippen MR) is 142 cm³/mol. The summed E-state index contributed by atoms with van der Waals surface area (Å²) in [5.74, 6) is -1.33. The van der Waals surface area contributed by atoms with Crippen LogP contribution >= 0.6 is 23.2 Å². The number of aromatic amines is 1. The summed E-state index contributed by atoms with van der Waals surface area (Å²) in [6, 6.07) is 15.5. The Morgan fingerprint density at radius 1 is 1.08 bits per heavy atom. The van der Waals surface area contributed by atoms with Gasteiger partial charge in [0.1, 0.15) is 17.3 Å². The topological polar surface area (TPSA) is 103 Å². The lowest BCUT2D eigenvalue weighted by Crippen LogP contribution is -2.31. The van der Waals surface area contributed by atoms with Crippen molar-refractivity contribution in [2.24, 2.45) is 0 Å². The van der Waals surface area contributed by atoms with Gasteiger partial charge in [0.2, 0.25) is 0 Å². The van der Waals surface area contributed by atoms with Crippen LogP contribution in [0.1, 0.15) is 22.7 Å². The number of hydrogen-bond acceptors (Lipinski definition) is 5. The van der Waals surface area contributed by atoms with Gasteiger partial charge in [-0.25, -0.2) is 0 Å². The number of hydrogen-bond donors (Lipinski definition) is 3. The Kier molecular flexibility index (Phi) is 6.58. The number of halogens is 2. The largest absolute Gasteiger partial charge is 0.508 e. The molecule has 0 bridgehead atoms. The van der Waals surface area contributed by atoms with E-state index in [1.165, 1.54) is 35.2 Å². The van der Waals surface area contributed by atoms with Crippen molar-refractivity contribution in [1.29, 1.82) is 0 Å². The average Bonchev–Trinajstić information content (AvgIpc) is 3.40. The molecule has 0 radical (unpaired) electrons. The molecule has 1 saturated heterocycles. The molecule has 2 heterocycles. The summed E-state index contributed by atoms with van der Waals surface area (Å²) < 4.78 is 5.34. The summed E-state index contributed by atoms with van der Waals surface area (Å²) >= 11 is 12.3. The molecule has 7 nitrogen and oxygen atoms in total. The Balaban J connectivity index is 1.58. The second-order valence-electron chi connectivity index (χ2n) is 8.69. The minimum Gasteiger partial charge on any atom is -0.508 e. The van der Waals surface area contributed by atoms with E-state index in [0.717, 1.165) is 16.5 Å². The Bertz CT molecular complexity index is 1580. The number of aromatic nitrogens is 1. The molecule has 0 spiro atoms. The zero-order chi connectivity index (χ0) is 26.3. The number of amides is 1. The molecule has 1 amide bonds. The van der Waals surface area contributed by atoms with Gasteiger partial charge in [0.05, 0.1) is 23.7 Å². The number of phenols is 1. The second-order valence-corrected chi connectivity index (χ2v) is 9.53. The van der Waals surface area contributed by atoms with Gasteiger partial charge in [-0.05, 0) is 66.1 Å². The number of benzene rings is 3. The molecule has 3 N–H and O–H groups in total. The van der Waals surface area contributed by atoms with Crippen molar-refractivity contribution in [2.75, 3.05) is 13.7 Å². The highest BCUT2D eigenvalue weighted by Gasteiger charge is 2.46. The molecule has 9 heteroatoms. The third-order valence-electron chi connectivity index (χ3n) is 6.51. The molecule has 37 heavy (non-hydrogen) atoms. The molecule has 0 aliphatic carbocycles. The summed E-state index contributed by atoms with van der Waals surface area (Å²) in [5, 5.41) is 22.8. The van der Waals surface area contributed by atoms with Crippen LogP contribution in [-0.2, 0) is 16.0 Å². The Morgan fingerprint density at radius 3 is 2.62 bits per heavy atom. The van der Waals surface area contributed by atoms with Gasteiger partial charge >= 0.3 is 0 Å². The maximum atomic E-state index is 13.3. The van der Waals surface area contributed by atoms with Gasteiger partial charge < -0.3 is 24.8 Å². The zero-order valence-corrected chi connectivity index (χ0v) is 21.2. The molecule has 0 unspecified atom stereocenters. The molecule has 3 aromatic carbocycles. The Labute approximate surface area is 222 Å². The number of ether oxygens (including phenoxy) is 1. The number of Topliss-reactive ketones (excluding diaryl/α,β-unsaturated/α-hetero) is 1. The minimum absolute atomic E-state index is 0.0312. The van der Waals surface area contributed by atoms with Crippen LogP contribution in [0.3, 0.4) is 0 Å². The molecular weight excluding hydrogens is 515 g/mol. The maximum absolute atomic E-state index is 13.3. The van der Waals surface area contributed by atoms with E-state index in [1.807, 2.05) is 24.4 Å². The molecule has 4 aromatic rings. The Hall–Kier alpha value is -3.94. The average molecular weight is 537 g/mol. The highest BCUT2D eigenvalue weighted by Crippen LogP contribution is 2.41. The number of aliphatic hydroxyl groups is 1. The van der Waals surface area contributed by atoms with E-state index < -0.39 is 23.5 Å². The van der Waals surface area contributed by atoms with Crippen molar-refractivity contribution in [1.82, 2.24) is 9.88 Å². The molecule has 188 valence electrons. The monoisotopic (exact) mass is 536 g/mol. The third kappa shape index (κ3) is 4.52. The minimum atomic E-state index is -0.932. The van der Waals surface area contributed by atoms with E-state index in [0.29, 0.717) is 22.8 Å². The van der Waals surface area contributed by atoms with E-state index in [2.05, 4.69) is 4.98 Å².